The zero-order valence-electron chi connectivity index (χ0n) is 21.4. The van der Waals surface area contributed by atoms with Gasteiger partial charge in [0.2, 0.25) is 11.8 Å². The molecular weight excluding hydrogens is 490 g/mol. The molecule has 2 heterocycles. The van der Waals surface area contributed by atoms with Gasteiger partial charge in [-0.05, 0) is 38.5 Å². The van der Waals surface area contributed by atoms with Gasteiger partial charge in [-0.3, -0.25) is 14.0 Å². The number of ether oxygens (including phenoxy) is 2. The molecular formula is C26H37N7O5. The molecule has 3 amide bonds. The molecule has 0 saturated heterocycles. The molecule has 0 spiro atoms. The number of hydrogen-bond acceptors (Lipinski definition) is 8. The maximum atomic E-state index is 12.8. The second-order valence-corrected chi connectivity index (χ2v) is 9.40. The van der Waals surface area contributed by atoms with Crippen molar-refractivity contribution >= 4 is 23.6 Å². The van der Waals surface area contributed by atoms with Crippen LogP contribution in [0.2, 0.25) is 0 Å². The highest BCUT2D eigenvalue weighted by atomic mass is 16.6. The molecule has 12 heteroatoms. The van der Waals surface area contributed by atoms with Gasteiger partial charge in [-0.1, -0.05) is 43.3 Å². The number of benzene rings is 1. The fraction of sp³-hybridized carbons (Fsp3) is 0.423. The maximum absolute atomic E-state index is 12.8. The van der Waals surface area contributed by atoms with E-state index in [9.17, 15) is 14.4 Å². The number of nitrogens with one attached hydrogen (secondary N) is 1. The van der Waals surface area contributed by atoms with Crippen molar-refractivity contribution in [1.82, 2.24) is 24.8 Å². The number of nitrogens with two attached hydrogens (primary N) is 2. The molecule has 0 aliphatic rings. The molecule has 38 heavy (non-hydrogen) atoms. The van der Waals surface area contributed by atoms with Crippen molar-refractivity contribution in [3.8, 4) is 0 Å². The molecule has 0 saturated carbocycles. The minimum Gasteiger partial charge on any atom is -0.443 e. The Kier molecular flexibility index (Phi) is 10.3. The number of carbonyl (C=O) groups is 3. The zero-order valence-corrected chi connectivity index (χ0v) is 21.4. The Bertz CT molecular complexity index is 1270. The third kappa shape index (κ3) is 7.98. The molecule has 206 valence electrons. The van der Waals surface area contributed by atoms with Crippen LogP contribution >= 0.6 is 0 Å². The minimum atomic E-state index is -1.14. The third-order valence-electron chi connectivity index (χ3n) is 5.42. The number of carbonyl (C=O) groups excluding carboxylic acids is 3. The monoisotopic (exact) mass is 527 g/mol. The highest BCUT2D eigenvalue weighted by Gasteiger charge is 2.28. The summed E-state index contributed by atoms with van der Waals surface area (Å²) in [5, 5.41) is 11.4. The summed E-state index contributed by atoms with van der Waals surface area (Å²) in [6.45, 7) is 5.20. The maximum Gasteiger partial charge on any atom is 0.410 e. The topological polar surface area (TPSA) is 167 Å². The van der Waals surface area contributed by atoms with Crippen LogP contribution in [-0.4, -0.2) is 63.1 Å². The molecule has 5 N–H and O–H groups in total. The predicted molar refractivity (Wildman–Crippen MR) is 142 cm³/mol. The predicted octanol–water partition coefficient (Wildman–Crippen LogP) is 1.84. The van der Waals surface area contributed by atoms with Crippen LogP contribution in [0.4, 0.5) is 4.79 Å². The Morgan fingerprint density at radius 2 is 1.84 bits per heavy atom. The number of amides is 3. The summed E-state index contributed by atoms with van der Waals surface area (Å²) in [6, 6.07) is 12.4. The van der Waals surface area contributed by atoms with E-state index in [-0.39, 0.29) is 27.2 Å². The molecule has 0 fully saturated rings. The van der Waals surface area contributed by atoms with Crippen LogP contribution in [0, 0.1) is 6.92 Å². The van der Waals surface area contributed by atoms with Crippen molar-refractivity contribution in [3.05, 3.63) is 65.1 Å². The van der Waals surface area contributed by atoms with Crippen LogP contribution < -0.4 is 16.8 Å². The fourth-order valence-electron chi connectivity index (χ4n) is 3.54. The lowest BCUT2D eigenvalue weighted by molar-refractivity contribution is -0.126. The van der Waals surface area contributed by atoms with E-state index in [0.29, 0.717) is 23.8 Å². The lowest BCUT2D eigenvalue weighted by Gasteiger charge is -2.24. The molecule has 1 aromatic carbocycles. The van der Waals surface area contributed by atoms with Crippen molar-refractivity contribution in [2.75, 3.05) is 20.2 Å². The molecule has 0 bridgehead atoms. The summed E-state index contributed by atoms with van der Waals surface area (Å²) >= 11 is 0. The van der Waals surface area contributed by atoms with Gasteiger partial charge in [-0.2, -0.15) is 0 Å². The Balaban J connectivity index is 0.00000507. The van der Waals surface area contributed by atoms with Crippen molar-refractivity contribution < 1.29 is 23.9 Å². The molecule has 0 aliphatic carbocycles. The summed E-state index contributed by atoms with van der Waals surface area (Å²) in [7, 11) is 1.41. The quantitative estimate of drug-likeness (QED) is 0.339. The first kappa shape index (κ1) is 30.2. The lowest BCUT2D eigenvalue weighted by Crippen LogP contribution is -2.51. The van der Waals surface area contributed by atoms with Gasteiger partial charge in [-0.15, -0.1) is 10.2 Å². The molecule has 0 unspecified atom stereocenters. The number of fused-ring (bicyclic) bond motifs is 1. The SMILES string of the molecule is C.Cc1cccc(COC[C@@H](NC(=O)C(C)(C)N)c2nnc3cccc(COC(=O)N(C)CC(N)=O)n23)c1. The summed E-state index contributed by atoms with van der Waals surface area (Å²) in [5.74, 6) is -0.672. The molecule has 0 aliphatic heterocycles. The smallest absolute Gasteiger partial charge is 0.410 e. The second-order valence-electron chi connectivity index (χ2n) is 9.40. The van der Waals surface area contributed by atoms with E-state index in [1.54, 1.807) is 36.4 Å². The van der Waals surface area contributed by atoms with E-state index in [1.165, 1.54) is 7.05 Å². The van der Waals surface area contributed by atoms with Crippen LogP contribution in [0.3, 0.4) is 0 Å². The third-order valence-corrected chi connectivity index (χ3v) is 5.42. The van der Waals surface area contributed by atoms with Crippen LogP contribution in [0.15, 0.2) is 42.5 Å². The first-order valence-electron chi connectivity index (χ1n) is 11.7. The molecule has 3 rings (SSSR count). The number of hydrogen-bond donors (Lipinski definition) is 3. The van der Waals surface area contributed by atoms with Crippen molar-refractivity contribution in [1.29, 1.82) is 0 Å². The first-order chi connectivity index (χ1) is 17.5. The van der Waals surface area contributed by atoms with Gasteiger partial charge in [0, 0.05) is 7.05 Å². The van der Waals surface area contributed by atoms with Crippen LogP contribution in [0.1, 0.15) is 50.0 Å². The van der Waals surface area contributed by atoms with E-state index < -0.39 is 29.5 Å². The molecule has 3 aromatic rings. The standard InChI is InChI=1S/C25H33N7O5.CH4/c1-16-7-5-8-17(11-16)13-36-15-19(28-23(34)25(2,3)27)22-30-29-21-10-6-9-18(32(21)22)14-37-24(35)31(4)12-20(26)33;/h5-11,19H,12-15,27H2,1-4H3,(H2,26,33)(H,28,34);1H4/t19-;/m1./s1. The number of pyridine rings is 1. The minimum absolute atomic E-state index is 0. The summed E-state index contributed by atoms with van der Waals surface area (Å²) in [5.41, 5.74) is 13.1. The summed E-state index contributed by atoms with van der Waals surface area (Å²) < 4.78 is 13.0. The van der Waals surface area contributed by atoms with E-state index in [2.05, 4.69) is 15.5 Å². The van der Waals surface area contributed by atoms with Crippen molar-refractivity contribution in [3.63, 3.8) is 0 Å². The second kappa shape index (κ2) is 13.0. The molecule has 12 nitrogen and oxygen atoms in total. The van der Waals surface area contributed by atoms with E-state index in [1.807, 2.05) is 31.2 Å². The van der Waals surface area contributed by atoms with Gasteiger partial charge in [0.05, 0.1) is 24.4 Å². The van der Waals surface area contributed by atoms with E-state index in [4.69, 9.17) is 20.9 Å². The van der Waals surface area contributed by atoms with Gasteiger partial charge in [0.25, 0.3) is 0 Å². The molecule has 0 radical (unpaired) electrons. The Labute approximate surface area is 222 Å². The first-order valence-corrected chi connectivity index (χ1v) is 11.7. The highest BCUT2D eigenvalue weighted by Crippen LogP contribution is 2.19. The summed E-state index contributed by atoms with van der Waals surface area (Å²) in [6.07, 6.45) is -0.721. The summed E-state index contributed by atoms with van der Waals surface area (Å²) in [4.78, 5) is 37.2. The van der Waals surface area contributed by atoms with E-state index >= 15 is 0 Å². The van der Waals surface area contributed by atoms with Gasteiger partial charge in [0.1, 0.15) is 19.2 Å². The molecule has 1 atom stereocenters. The highest BCUT2D eigenvalue weighted by molar-refractivity contribution is 5.85. The number of aryl methyl sites for hydroxylation is 1. The number of nitrogens with zero attached hydrogens (tertiary/aromatic N) is 4. The fourth-order valence-corrected chi connectivity index (χ4v) is 3.54. The zero-order chi connectivity index (χ0) is 27.2. The normalized spacial score (nSPS) is 11.9. The Hall–Kier alpha value is -4.03. The van der Waals surface area contributed by atoms with Crippen molar-refractivity contribution in [2.24, 2.45) is 11.5 Å². The van der Waals surface area contributed by atoms with Crippen LogP contribution in [0.5, 0.6) is 0 Å². The Morgan fingerprint density at radius 3 is 2.50 bits per heavy atom. The van der Waals surface area contributed by atoms with Gasteiger partial charge in [-0.25, -0.2) is 4.79 Å². The van der Waals surface area contributed by atoms with Gasteiger partial charge in [0.15, 0.2) is 11.5 Å². The van der Waals surface area contributed by atoms with Gasteiger partial charge >= 0.3 is 6.09 Å². The van der Waals surface area contributed by atoms with Crippen LogP contribution in [0.25, 0.3) is 5.65 Å². The lowest BCUT2D eigenvalue weighted by atomic mass is 10.1. The van der Waals surface area contributed by atoms with Crippen LogP contribution in [-0.2, 0) is 32.3 Å². The average molecular weight is 528 g/mol. The average Bonchev–Trinajstić information content (AvgIpc) is 3.25. The van der Waals surface area contributed by atoms with Crippen molar-refractivity contribution in [2.45, 2.75) is 53.0 Å². The largest absolute Gasteiger partial charge is 0.443 e. The van der Waals surface area contributed by atoms with Gasteiger partial charge < -0.3 is 31.2 Å². The number of primary amides is 1. The molecule has 2 aromatic heterocycles. The number of aromatic nitrogens is 3. The van der Waals surface area contributed by atoms with E-state index in [0.717, 1.165) is 16.0 Å². The number of rotatable bonds is 11. The Morgan fingerprint density at radius 1 is 1.13 bits per heavy atom. The number of likely N-dealkylation sites (N-methyl/N-ethyl adjacent to an activating group) is 1.